The quantitative estimate of drug-likeness (QED) is 0.775. The highest BCUT2D eigenvalue weighted by atomic mass is 16.3. The number of pyridine rings is 1. The van der Waals surface area contributed by atoms with Crippen molar-refractivity contribution in [3.05, 3.63) is 59.5 Å². The Morgan fingerprint density at radius 3 is 2.83 bits per heavy atom. The summed E-state index contributed by atoms with van der Waals surface area (Å²) >= 11 is 0. The molecule has 1 amide bonds. The van der Waals surface area contributed by atoms with Crippen LogP contribution >= 0.6 is 0 Å². The Morgan fingerprint density at radius 1 is 1.30 bits per heavy atom. The second kappa shape index (κ2) is 6.24. The highest BCUT2D eigenvalue weighted by Gasteiger charge is 2.14. The summed E-state index contributed by atoms with van der Waals surface area (Å²) in [6, 6.07) is 9.61. The van der Waals surface area contributed by atoms with Gasteiger partial charge in [0.25, 0.3) is 0 Å². The Morgan fingerprint density at radius 2 is 2.13 bits per heavy atom. The van der Waals surface area contributed by atoms with Crippen molar-refractivity contribution in [3.63, 3.8) is 0 Å². The van der Waals surface area contributed by atoms with E-state index in [2.05, 4.69) is 37.1 Å². The van der Waals surface area contributed by atoms with E-state index >= 15 is 0 Å². The Bertz CT molecular complexity index is 835. The normalized spacial score (nSPS) is 11.1. The third-order valence-corrected chi connectivity index (χ3v) is 3.95. The number of anilines is 1. The SMILES string of the molecule is Cc1cc2occ(CC(=O)Nc3ccccn3)c2cc1C(C)C. The maximum Gasteiger partial charge on any atom is 0.230 e. The third-order valence-electron chi connectivity index (χ3n) is 3.95. The Balaban J connectivity index is 1.85. The van der Waals surface area contributed by atoms with Crippen LogP contribution in [0.2, 0.25) is 0 Å². The number of hydrogen-bond acceptors (Lipinski definition) is 3. The average Bonchev–Trinajstić information content (AvgIpc) is 2.89. The van der Waals surface area contributed by atoms with Gasteiger partial charge >= 0.3 is 0 Å². The molecule has 0 spiro atoms. The third kappa shape index (κ3) is 3.26. The molecule has 0 unspecified atom stereocenters. The molecule has 0 radical (unpaired) electrons. The zero-order chi connectivity index (χ0) is 16.4. The number of nitrogens with zero attached hydrogens (tertiary/aromatic N) is 1. The first-order valence-corrected chi connectivity index (χ1v) is 7.76. The first-order valence-electron chi connectivity index (χ1n) is 7.76. The number of aryl methyl sites for hydroxylation is 1. The summed E-state index contributed by atoms with van der Waals surface area (Å²) in [7, 11) is 0. The van der Waals surface area contributed by atoms with E-state index < -0.39 is 0 Å². The van der Waals surface area contributed by atoms with E-state index in [-0.39, 0.29) is 12.3 Å². The van der Waals surface area contributed by atoms with E-state index in [0.29, 0.717) is 11.7 Å². The minimum absolute atomic E-state index is 0.0990. The van der Waals surface area contributed by atoms with Gasteiger partial charge in [-0.2, -0.15) is 0 Å². The fraction of sp³-hybridized carbons (Fsp3) is 0.263. The predicted octanol–water partition coefficient (Wildman–Crippen LogP) is 4.44. The maximum atomic E-state index is 12.2. The van der Waals surface area contributed by atoms with Gasteiger partial charge in [-0.15, -0.1) is 0 Å². The minimum atomic E-state index is -0.0990. The van der Waals surface area contributed by atoms with Gasteiger partial charge in [-0.3, -0.25) is 4.79 Å². The van der Waals surface area contributed by atoms with Crippen LogP contribution < -0.4 is 5.32 Å². The van der Waals surface area contributed by atoms with Crippen LogP contribution in [0.1, 0.15) is 36.5 Å². The van der Waals surface area contributed by atoms with Crippen LogP contribution in [0.15, 0.2) is 47.2 Å². The van der Waals surface area contributed by atoms with Crippen LogP contribution in [-0.4, -0.2) is 10.9 Å². The number of carbonyl (C=O) groups is 1. The van der Waals surface area contributed by atoms with Gasteiger partial charge in [0.05, 0.1) is 12.7 Å². The van der Waals surface area contributed by atoms with Gasteiger partial charge in [0.15, 0.2) is 0 Å². The van der Waals surface area contributed by atoms with Crippen molar-refractivity contribution in [2.45, 2.75) is 33.1 Å². The fourth-order valence-corrected chi connectivity index (χ4v) is 2.80. The molecule has 0 bridgehead atoms. The van der Waals surface area contributed by atoms with Gasteiger partial charge in [0.2, 0.25) is 5.91 Å². The number of benzene rings is 1. The van der Waals surface area contributed by atoms with Crippen molar-refractivity contribution in [1.82, 2.24) is 4.98 Å². The molecule has 23 heavy (non-hydrogen) atoms. The first-order chi connectivity index (χ1) is 11.0. The molecular formula is C19H20N2O2. The number of amides is 1. The molecule has 1 N–H and O–H groups in total. The molecule has 4 nitrogen and oxygen atoms in total. The molecule has 118 valence electrons. The molecule has 4 heteroatoms. The monoisotopic (exact) mass is 308 g/mol. The summed E-state index contributed by atoms with van der Waals surface area (Å²) in [5.41, 5.74) is 4.22. The van der Waals surface area contributed by atoms with Gasteiger partial charge in [-0.25, -0.2) is 4.98 Å². The van der Waals surface area contributed by atoms with Crippen molar-refractivity contribution < 1.29 is 9.21 Å². The topological polar surface area (TPSA) is 55.1 Å². The molecule has 0 saturated carbocycles. The highest BCUT2D eigenvalue weighted by molar-refractivity contribution is 5.95. The maximum absolute atomic E-state index is 12.2. The zero-order valence-electron chi connectivity index (χ0n) is 13.6. The van der Waals surface area contributed by atoms with Gasteiger partial charge in [-0.05, 0) is 48.2 Å². The van der Waals surface area contributed by atoms with Gasteiger partial charge in [0, 0.05) is 17.1 Å². The standard InChI is InChI=1S/C19H20N2O2/c1-12(2)15-10-16-14(11-23-17(16)8-13(15)3)9-19(22)21-18-6-4-5-7-20-18/h4-8,10-12H,9H2,1-3H3,(H,20,21,22). The van der Waals surface area contributed by atoms with Crippen molar-refractivity contribution in [3.8, 4) is 0 Å². The largest absolute Gasteiger partial charge is 0.464 e. The summed E-state index contributed by atoms with van der Waals surface area (Å²) in [6.07, 6.45) is 3.59. The van der Waals surface area contributed by atoms with E-state index in [1.807, 2.05) is 18.2 Å². The van der Waals surface area contributed by atoms with Crippen LogP contribution in [0, 0.1) is 6.92 Å². The second-order valence-corrected chi connectivity index (χ2v) is 6.06. The Hall–Kier alpha value is -2.62. The number of nitrogens with one attached hydrogen (secondary N) is 1. The average molecular weight is 308 g/mol. The van der Waals surface area contributed by atoms with E-state index in [1.165, 1.54) is 11.1 Å². The Kier molecular flexibility index (Phi) is 4.15. The minimum Gasteiger partial charge on any atom is -0.464 e. The van der Waals surface area contributed by atoms with Crippen molar-refractivity contribution in [2.24, 2.45) is 0 Å². The molecule has 3 aromatic rings. The van der Waals surface area contributed by atoms with E-state index in [4.69, 9.17) is 4.42 Å². The number of furan rings is 1. The first kappa shape index (κ1) is 15.3. The van der Waals surface area contributed by atoms with Crippen molar-refractivity contribution >= 4 is 22.7 Å². The highest BCUT2D eigenvalue weighted by Crippen LogP contribution is 2.29. The van der Waals surface area contributed by atoms with E-state index in [1.54, 1.807) is 18.5 Å². The summed E-state index contributed by atoms with van der Waals surface area (Å²) < 4.78 is 5.62. The van der Waals surface area contributed by atoms with Crippen LogP contribution in [-0.2, 0) is 11.2 Å². The van der Waals surface area contributed by atoms with Gasteiger partial charge < -0.3 is 9.73 Å². The number of aromatic nitrogens is 1. The molecule has 0 saturated heterocycles. The van der Waals surface area contributed by atoms with Crippen LogP contribution in [0.4, 0.5) is 5.82 Å². The lowest BCUT2D eigenvalue weighted by Crippen LogP contribution is -2.14. The van der Waals surface area contributed by atoms with E-state index in [9.17, 15) is 4.79 Å². The van der Waals surface area contributed by atoms with Crippen LogP contribution in [0.3, 0.4) is 0 Å². The zero-order valence-corrected chi connectivity index (χ0v) is 13.6. The smallest absolute Gasteiger partial charge is 0.230 e. The lowest BCUT2D eigenvalue weighted by atomic mass is 9.95. The lowest BCUT2D eigenvalue weighted by Gasteiger charge is -2.10. The summed E-state index contributed by atoms with van der Waals surface area (Å²) in [4.78, 5) is 16.3. The summed E-state index contributed by atoms with van der Waals surface area (Å²) in [5, 5.41) is 3.81. The van der Waals surface area contributed by atoms with Gasteiger partial charge in [-0.1, -0.05) is 19.9 Å². The predicted molar refractivity (Wildman–Crippen MR) is 91.6 cm³/mol. The van der Waals surface area contributed by atoms with Crippen LogP contribution in [0.5, 0.6) is 0 Å². The molecule has 0 atom stereocenters. The molecular weight excluding hydrogens is 288 g/mol. The number of hydrogen-bond donors (Lipinski definition) is 1. The Labute approximate surface area is 135 Å². The molecule has 2 aromatic heterocycles. The van der Waals surface area contributed by atoms with Gasteiger partial charge in [0.1, 0.15) is 11.4 Å². The molecule has 1 aromatic carbocycles. The molecule has 0 aliphatic carbocycles. The fourth-order valence-electron chi connectivity index (χ4n) is 2.80. The summed E-state index contributed by atoms with van der Waals surface area (Å²) in [5.74, 6) is 0.895. The molecule has 2 heterocycles. The van der Waals surface area contributed by atoms with E-state index in [0.717, 1.165) is 16.5 Å². The van der Waals surface area contributed by atoms with Crippen LogP contribution in [0.25, 0.3) is 11.0 Å². The lowest BCUT2D eigenvalue weighted by molar-refractivity contribution is -0.115. The molecule has 3 rings (SSSR count). The van der Waals surface area contributed by atoms with Crippen molar-refractivity contribution in [1.29, 1.82) is 0 Å². The molecule has 0 aliphatic rings. The second-order valence-electron chi connectivity index (χ2n) is 6.06. The number of carbonyl (C=O) groups excluding carboxylic acids is 1. The molecule has 0 fully saturated rings. The number of rotatable bonds is 4. The summed E-state index contributed by atoms with van der Waals surface area (Å²) in [6.45, 7) is 6.42. The number of fused-ring (bicyclic) bond motifs is 1. The van der Waals surface area contributed by atoms with Crippen molar-refractivity contribution in [2.75, 3.05) is 5.32 Å². The molecule has 0 aliphatic heterocycles.